The molecule has 0 unspecified atom stereocenters. The van der Waals surface area contributed by atoms with E-state index in [1.807, 2.05) is 30.3 Å². The summed E-state index contributed by atoms with van der Waals surface area (Å²) in [6.07, 6.45) is 2.98. The van der Waals surface area contributed by atoms with Gasteiger partial charge in [0.15, 0.2) is 17.8 Å². The molecule has 2 atom stereocenters. The molecule has 25 heavy (non-hydrogen) atoms. The van der Waals surface area contributed by atoms with Gasteiger partial charge < -0.3 is 19.6 Å². The quantitative estimate of drug-likeness (QED) is 0.798. The van der Waals surface area contributed by atoms with E-state index in [4.69, 9.17) is 9.15 Å². The molecular formula is C18H20N2O5. The average molecular weight is 344 g/mol. The van der Waals surface area contributed by atoms with Gasteiger partial charge in [0.1, 0.15) is 6.10 Å². The number of ether oxygens (including phenoxy) is 1. The molecule has 1 aliphatic rings. The number of carbonyl (C=O) groups is 2. The van der Waals surface area contributed by atoms with Crippen LogP contribution in [0.4, 0.5) is 0 Å². The zero-order chi connectivity index (χ0) is 17.6. The Hall–Kier alpha value is -2.67. The molecule has 7 heteroatoms. The molecule has 0 spiro atoms. The normalized spacial score (nSPS) is 18.0. The molecule has 1 aromatic heterocycles. The zero-order valence-corrected chi connectivity index (χ0v) is 13.7. The monoisotopic (exact) mass is 344 g/mol. The molecule has 1 aromatic carbocycles. The summed E-state index contributed by atoms with van der Waals surface area (Å²) in [7, 11) is 0. The summed E-state index contributed by atoms with van der Waals surface area (Å²) in [5.74, 6) is -1.71. The maximum Gasteiger partial charge on any atom is 0.308 e. The average Bonchev–Trinajstić information content (AvgIpc) is 3.29. The highest BCUT2D eigenvalue weighted by Crippen LogP contribution is 2.30. The van der Waals surface area contributed by atoms with E-state index < -0.39 is 17.8 Å². The van der Waals surface area contributed by atoms with E-state index in [0.717, 1.165) is 18.4 Å². The van der Waals surface area contributed by atoms with Crippen molar-refractivity contribution in [2.24, 2.45) is 5.92 Å². The molecule has 1 fully saturated rings. The Bertz CT molecular complexity index is 722. The molecule has 7 nitrogen and oxygen atoms in total. The van der Waals surface area contributed by atoms with E-state index in [9.17, 15) is 14.7 Å². The van der Waals surface area contributed by atoms with Gasteiger partial charge in [-0.25, -0.2) is 4.98 Å². The lowest BCUT2D eigenvalue weighted by molar-refractivity contribution is -0.141. The number of rotatable bonds is 7. The molecule has 0 saturated carbocycles. The minimum Gasteiger partial charge on any atom is -0.481 e. The molecule has 1 amide bonds. The Balaban J connectivity index is 1.62. The van der Waals surface area contributed by atoms with E-state index in [-0.39, 0.29) is 18.3 Å². The van der Waals surface area contributed by atoms with Gasteiger partial charge >= 0.3 is 5.97 Å². The molecule has 1 aliphatic heterocycles. The predicted molar refractivity (Wildman–Crippen MR) is 88.0 cm³/mol. The number of nitrogens with one attached hydrogen (secondary N) is 1. The number of hydrogen-bond donors (Lipinski definition) is 2. The summed E-state index contributed by atoms with van der Waals surface area (Å²) in [6.45, 7) is 0.644. The maximum atomic E-state index is 12.4. The Morgan fingerprint density at radius 1 is 1.32 bits per heavy atom. The first kappa shape index (κ1) is 17.2. The van der Waals surface area contributed by atoms with Gasteiger partial charge in [-0.05, 0) is 24.8 Å². The van der Waals surface area contributed by atoms with Gasteiger partial charge in [-0.3, -0.25) is 9.59 Å². The fraction of sp³-hybridized carbons (Fsp3) is 0.389. The second kappa shape index (κ2) is 7.94. The molecular weight excluding hydrogens is 324 g/mol. The third kappa shape index (κ3) is 4.24. The van der Waals surface area contributed by atoms with Crippen molar-refractivity contribution in [1.82, 2.24) is 10.3 Å². The summed E-state index contributed by atoms with van der Waals surface area (Å²) in [5.41, 5.74) is 1.07. The fourth-order valence-electron chi connectivity index (χ4n) is 2.88. The minimum atomic E-state index is -0.955. The largest absolute Gasteiger partial charge is 0.481 e. The Morgan fingerprint density at radius 3 is 2.80 bits per heavy atom. The van der Waals surface area contributed by atoms with Crippen molar-refractivity contribution in [3.8, 4) is 0 Å². The lowest BCUT2D eigenvalue weighted by atomic mass is 9.99. The number of hydrogen-bond acceptors (Lipinski definition) is 5. The van der Waals surface area contributed by atoms with Gasteiger partial charge in [-0.1, -0.05) is 30.3 Å². The number of carboxylic acid groups (broad SMARTS) is 1. The number of oxazole rings is 1. The van der Waals surface area contributed by atoms with E-state index >= 15 is 0 Å². The first-order valence-electron chi connectivity index (χ1n) is 8.25. The van der Waals surface area contributed by atoms with Crippen LogP contribution < -0.4 is 5.32 Å². The van der Waals surface area contributed by atoms with Crippen LogP contribution in [0, 0.1) is 5.92 Å². The van der Waals surface area contributed by atoms with Crippen LogP contribution in [0.5, 0.6) is 0 Å². The summed E-state index contributed by atoms with van der Waals surface area (Å²) in [5, 5.41) is 12.1. The fourth-order valence-corrected chi connectivity index (χ4v) is 2.88. The van der Waals surface area contributed by atoms with Gasteiger partial charge in [0, 0.05) is 13.2 Å². The first-order chi connectivity index (χ1) is 12.1. The zero-order valence-electron chi connectivity index (χ0n) is 13.7. The van der Waals surface area contributed by atoms with Crippen molar-refractivity contribution in [2.45, 2.75) is 25.4 Å². The number of aliphatic carboxylic acids is 1. The van der Waals surface area contributed by atoms with Crippen molar-refractivity contribution in [3.63, 3.8) is 0 Å². The molecule has 1 saturated heterocycles. The SMILES string of the molecule is O=C(NC[C@@H](Cc1ccccc1)C(=O)O)c1ncoc1[C@H]1CCCO1. The summed E-state index contributed by atoms with van der Waals surface area (Å²) in [6, 6.07) is 9.32. The molecule has 2 N–H and O–H groups in total. The van der Waals surface area contributed by atoms with E-state index in [0.29, 0.717) is 18.8 Å². The molecule has 0 radical (unpaired) electrons. The van der Waals surface area contributed by atoms with Gasteiger partial charge in [0.05, 0.1) is 5.92 Å². The predicted octanol–water partition coefficient (Wildman–Crippen LogP) is 2.20. The van der Waals surface area contributed by atoms with Crippen LogP contribution >= 0.6 is 0 Å². The molecule has 132 valence electrons. The van der Waals surface area contributed by atoms with E-state index in [1.165, 1.54) is 6.39 Å². The Labute approximate surface area is 145 Å². The number of aromatic nitrogens is 1. The second-order valence-corrected chi connectivity index (χ2v) is 6.00. The Morgan fingerprint density at radius 2 is 2.12 bits per heavy atom. The third-order valence-corrected chi connectivity index (χ3v) is 4.22. The van der Waals surface area contributed by atoms with Crippen LogP contribution in [0.1, 0.15) is 40.8 Å². The van der Waals surface area contributed by atoms with Crippen molar-refractivity contribution in [2.75, 3.05) is 13.2 Å². The maximum absolute atomic E-state index is 12.4. The van der Waals surface area contributed by atoms with Crippen LogP contribution in [-0.4, -0.2) is 35.1 Å². The first-order valence-corrected chi connectivity index (χ1v) is 8.25. The van der Waals surface area contributed by atoms with Crippen molar-refractivity contribution < 1.29 is 23.8 Å². The van der Waals surface area contributed by atoms with Crippen molar-refractivity contribution in [1.29, 1.82) is 0 Å². The van der Waals surface area contributed by atoms with E-state index in [2.05, 4.69) is 10.3 Å². The van der Waals surface area contributed by atoms with Gasteiger partial charge in [-0.2, -0.15) is 0 Å². The number of carboxylic acids is 1. The number of nitrogens with zero attached hydrogens (tertiary/aromatic N) is 1. The lowest BCUT2D eigenvalue weighted by Gasteiger charge is -2.14. The van der Waals surface area contributed by atoms with Gasteiger partial charge in [0.25, 0.3) is 5.91 Å². The standard InChI is InChI=1S/C18H20N2O5/c21-17(15-16(25-11-20-15)14-7-4-8-24-14)19-10-13(18(22)23)9-12-5-2-1-3-6-12/h1-3,5-6,11,13-14H,4,7-10H2,(H,19,21)(H,22,23)/t13-,14-/m1/s1. The topological polar surface area (TPSA) is 102 Å². The highest BCUT2D eigenvalue weighted by Gasteiger charge is 2.28. The summed E-state index contributed by atoms with van der Waals surface area (Å²) >= 11 is 0. The summed E-state index contributed by atoms with van der Waals surface area (Å²) in [4.78, 5) is 27.8. The van der Waals surface area contributed by atoms with Crippen molar-refractivity contribution >= 4 is 11.9 Å². The number of carbonyl (C=O) groups excluding carboxylic acids is 1. The molecule has 3 rings (SSSR count). The molecule has 0 bridgehead atoms. The molecule has 2 aromatic rings. The van der Waals surface area contributed by atoms with Crippen molar-refractivity contribution in [3.05, 3.63) is 53.7 Å². The third-order valence-electron chi connectivity index (χ3n) is 4.22. The Kier molecular flexibility index (Phi) is 5.45. The highest BCUT2D eigenvalue weighted by molar-refractivity contribution is 5.93. The van der Waals surface area contributed by atoms with Gasteiger partial charge in [0.2, 0.25) is 0 Å². The molecule has 2 heterocycles. The summed E-state index contributed by atoms with van der Waals surface area (Å²) < 4.78 is 10.8. The second-order valence-electron chi connectivity index (χ2n) is 6.00. The smallest absolute Gasteiger partial charge is 0.308 e. The van der Waals surface area contributed by atoms with E-state index in [1.54, 1.807) is 0 Å². The number of amides is 1. The van der Waals surface area contributed by atoms with Gasteiger partial charge in [-0.15, -0.1) is 0 Å². The van der Waals surface area contributed by atoms with Crippen LogP contribution in [0.25, 0.3) is 0 Å². The highest BCUT2D eigenvalue weighted by atomic mass is 16.5. The van der Waals surface area contributed by atoms with Crippen LogP contribution in [0.3, 0.4) is 0 Å². The number of benzene rings is 1. The lowest BCUT2D eigenvalue weighted by Crippen LogP contribution is -2.34. The van der Waals surface area contributed by atoms with Crippen LogP contribution in [-0.2, 0) is 16.0 Å². The van der Waals surface area contributed by atoms with Crippen LogP contribution in [0.15, 0.2) is 41.1 Å². The molecule has 0 aliphatic carbocycles. The minimum absolute atomic E-state index is 0.0148. The van der Waals surface area contributed by atoms with Crippen LogP contribution in [0.2, 0.25) is 0 Å².